The van der Waals surface area contributed by atoms with Gasteiger partial charge in [0.1, 0.15) is 44.2 Å². The molecule has 7 aliphatic rings. The molecular weight excluding hydrogens is 1220 g/mol. The van der Waals surface area contributed by atoms with Crippen LogP contribution in [-0.2, 0) is 45.9 Å². The zero-order valence-corrected chi connectivity index (χ0v) is 45.1. The molecule has 0 radical (unpaired) electrons. The largest absolute Gasteiger partial charge is 0.505 e. The van der Waals surface area contributed by atoms with Crippen molar-refractivity contribution in [1.82, 2.24) is 4.58 Å². The lowest BCUT2D eigenvalue weighted by molar-refractivity contribution is 0.0697. The molecule has 364 valence electrons. The average molecular weight is 1260 g/mol. The number of anilines is 1. The Hall–Kier alpha value is -4.93. The summed E-state index contributed by atoms with van der Waals surface area (Å²) in [6.07, 6.45) is 7.47. The van der Waals surface area contributed by atoms with Gasteiger partial charge < -0.3 is 24.3 Å². The van der Waals surface area contributed by atoms with Gasteiger partial charge in [0.05, 0.1) is 25.0 Å². The van der Waals surface area contributed by atoms with Crippen LogP contribution in [0.2, 0.25) is 0 Å². The molecule has 0 atom stereocenters. The summed E-state index contributed by atoms with van der Waals surface area (Å²) in [7, 11) is -9.60. The molecule has 0 unspecified atom stereocenters. The number of nitrogens with zero attached hydrogens (tertiary/aromatic N) is 2. The fourth-order valence-corrected chi connectivity index (χ4v) is 14.8. The van der Waals surface area contributed by atoms with Crippen molar-refractivity contribution >= 4 is 112 Å². The van der Waals surface area contributed by atoms with Crippen LogP contribution in [0.1, 0.15) is 69.4 Å². The van der Waals surface area contributed by atoms with E-state index in [0.717, 1.165) is 106 Å². The summed E-state index contributed by atoms with van der Waals surface area (Å²) in [6, 6.07) is 17.5. The first-order chi connectivity index (χ1) is 33.8. The zero-order chi connectivity index (χ0) is 50.0. The smallest absolute Gasteiger partial charge is 0.336 e. The topological polar surface area (TPSA) is 212 Å². The third kappa shape index (κ3) is 8.07. The highest BCUT2D eigenvalue weighted by molar-refractivity contribution is 9.11. The predicted octanol–water partition coefficient (Wildman–Crippen LogP) is 9.63. The number of carbonyl (C=O) groups is 1. The van der Waals surface area contributed by atoms with Crippen molar-refractivity contribution in [3.8, 4) is 39.7 Å². The highest BCUT2D eigenvalue weighted by atomic mass is 79.9. The molecule has 5 aromatic carbocycles. The molecule has 71 heavy (non-hydrogen) atoms. The van der Waals surface area contributed by atoms with Gasteiger partial charge in [0.25, 0.3) is 20.2 Å². The molecule has 1 aliphatic carbocycles. The van der Waals surface area contributed by atoms with Crippen molar-refractivity contribution in [1.29, 1.82) is 0 Å². The molecule has 0 spiro atoms. The maximum atomic E-state index is 12.8. The number of phenols is 1. The highest BCUT2D eigenvalue weighted by Crippen LogP contribution is 2.51. The van der Waals surface area contributed by atoms with Crippen LogP contribution >= 0.6 is 63.7 Å². The fraction of sp³-hybridized carbons (Fsp3) is 0.235. The van der Waals surface area contributed by atoms with E-state index in [-0.39, 0.29) is 42.6 Å². The van der Waals surface area contributed by atoms with E-state index in [1.807, 2.05) is 0 Å². The van der Waals surface area contributed by atoms with Crippen LogP contribution in [-0.4, -0.2) is 68.3 Å². The van der Waals surface area contributed by atoms with E-state index in [4.69, 9.17) is 9.15 Å². The monoisotopic (exact) mass is 1250 g/mol. The number of rotatable bonds is 5. The second-order valence-corrected chi connectivity index (χ2v) is 24.2. The van der Waals surface area contributed by atoms with Gasteiger partial charge in [0.15, 0.2) is 11.3 Å². The molecule has 4 N–H and O–H groups in total. The number of halogens is 4. The van der Waals surface area contributed by atoms with Gasteiger partial charge in [-0.3, -0.25) is 13.9 Å². The van der Waals surface area contributed by atoms with Crippen LogP contribution in [0, 0.1) is 0 Å². The summed E-state index contributed by atoms with van der Waals surface area (Å²) < 4.78 is 86.3. The van der Waals surface area contributed by atoms with Gasteiger partial charge in [0.2, 0.25) is 10.8 Å². The standard InChI is InChI=1S/C31H30N2O7S2.C20H8Br4O5/c34-41(35,36)20-9-10-21(26(17-20)42(37,38)39)27-24-15-18-5-1-11-32-13-3-7-22(28(18)32)30(24)40-31-23-8-4-14-33-12-2-6-19(29(23)33)16-25(27)31;21-11-5-9-13(7-3-1-2-4-8(7)20(27)28)10-6-12(22)17(26)15(24)19(10)29-18(9)14(23)16(11)25/h9-10,15-17H,1-8,11-14H2,(H-,34,35,36,37,38,39);1-6,25H,(H,27,28)/p+1. The van der Waals surface area contributed by atoms with Gasteiger partial charge in [-0.25, -0.2) is 9.37 Å². The summed E-state index contributed by atoms with van der Waals surface area (Å²) in [5.41, 5.74) is 8.98. The molecule has 0 bridgehead atoms. The number of carboxylic acid groups (broad SMARTS) is 1. The maximum Gasteiger partial charge on any atom is 0.336 e. The third-order valence-electron chi connectivity index (χ3n) is 13.9. The molecule has 6 heterocycles. The van der Waals surface area contributed by atoms with Gasteiger partial charge in [-0.1, -0.05) is 24.3 Å². The summed E-state index contributed by atoms with van der Waals surface area (Å²) >= 11 is 13.2. The Morgan fingerprint density at radius 1 is 0.704 bits per heavy atom. The van der Waals surface area contributed by atoms with E-state index in [0.29, 0.717) is 48.1 Å². The Bertz CT molecular complexity index is 3950. The molecule has 0 saturated heterocycles. The predicted molar refractivity (Wildman–Crippen MR) is 280 cm³/mol. The van der Waals surface area contributed by atoms with Gasteiger partial charge >= 0.3 is 5.97 Å². The normalized spacial score (nSPS) is 15.8. The van der Waals surface area contributed by atoms with Crippen molar-refractivity contribution in [2.24, 2.45) is 0 Å². The number of aromatic hydroxyl groups is 1. The van der Waals surface area contributed by atoms with E-state index >= 15 is 0 Å². The van der Waals surface area contributed by atoms with Gasteiger partial charge in [0, 0.05) is 81.2 Å². The minimum absolute atomic E-state index is 0.0753. The highest BCUT2D eigenvalue weighted by Gasteiger charge is 2.37. The number of aryl methyl sites for hydroxylation is 2. The number of fused-ring (bicyclic) bond motifs is 6. The molecule has 12 rings (SSSR count). The molecule has 6 aliphatic heterocycles. The number of aromatic carboxylic acids is 1. The molecule has 0 saturated carbocycles. The quantitative estimate of drug-likeness (QED) is 0.0719. The molecule has 0 aromatic heterocycles. The molecule has 5 aromatic rings. The van der Waals surface area contributed by atoms with Crippen LogP contribution in [0.5, 0.6) is 17.2 Å². The Kier molecular flexibility index (Phi) is 12.2. The Morgan fingerprint density at radius 2 is 1.41 bits per heavy atom. The van der Waals surface area contributed by atoms with E-state index in [2.05, 4.69) is 85.3 Å². The van der Waals surface area contributed by atoms with Crippen molar-refractivity contribution in [2.75, 3.05) is 31.1 Å². The Balaban J connectivity index is 0.000000165. The SMILES string of the molecule is O=C(O)c1ccccc1-c1c2cc(Br)c(=O)c(Br)c-2oc2c(Br)c(O)c(Br)cc12.O=S(=O)(O)c1ccc(C2=c3cc4c5c(c3Oc3c2cc2c6c3CCCN6CCC2)CCC[N+]=5CCC4)c(S(=O)(=O)O)c1. The van der Waals surface area contributed by atoms with Gasteiger partial charge in [-0.05, 0) is 156 Å². The number of ether oxygens (including phenoxy) is 1. The molecule has 14 nitrogen and oxygen atoms in total. The fourth-order valence-electron chi connectivity index (χ4n) is 11.1. The lowest BCUT2D eigenvalue weighted by atomic mass is 9.82. The zero-order valence-electron chi connectivity index (χ0n) is 37.1. The van der Waals surface area contributed by atoms with Crippen molar-refractivity contribution < 1.29 is 50.1 Å². The van der Waals surface area contributed by atoms with Gasteiger partial charge in [-0.15, -0.1) is 0 Å². The minimum atomic E-state index is -4.89. The van der Waals surface area contributed by atoms with E-state index in [1.54, 1.807) is 30.3 Å². The minimum Gasteiger partial charge on any atom is -0.505 e. The van der Waals surface area contributed by atoms with Crippen LogP contribution in [0.25, 0.3) is 39.0 Å². The van der Waals surface area contributed by atoms with Crippen molar-refractivity contribution in [3.63, 3.8) is 0 Å². The van der Waals surface area contributed by atoms with Crippen LogP contribution in [0.4, 0.5) is 5.69 Å². The van der Waals surface area contributed by atoms with Crippen molar-refractivity contribution in [2.45, 2.75) is 61.2 Å². The lowest BCUT2D eigenvalue weighted by Crippen LogP contribution is -2.45. The number of benzene rings is 6. The summed E-state index contributed by atoms with van der Waals surface area (Å²) in [6.45, 7) is 3.96. The molecular formula is C51H39Br4N2O12S2+. The number of carboxylic acids is 1. The van der Waals surface area contributed by atoms with Gasteiger partial charge in [-0.2, -0.15) is 16.8 Å². The van der Waals surface area contributed by atoms with E-state index in [1.165, 1.54) is 40.4 Å². The average Bonchev–Trinajstić information content (AvgIpc) is 3.34. The van der Waals surface area contributed by atoms with E-state index < -0.39 is 36.0 Å². The third-order valence-corrected chi connectivity index (χ3v) is 18.3. The molecule has 20 heteroatoms. The van der Waals surface area contributed by atoms with Crippen molar-refractivity contribution in [3.05, 3.63) is 144 Å². The second-order valence-electron chi connectivity index (χ2n) is 18.1. The molecule has 0 fully saturated rings. The first-order valence-corrected chi connectivity index (χ1v) is 28.7. The van der Waals surface area contributed by atoms with E-state index in [9.17, 15) is 45.7 Å². The van der Waals surface area contributed by atoms with Crippen LogP contribution in [0.15, 0.2) is 104 Å². The number of hydrogen-bond acceptors (Lipinski definition) is 10. The summed E-state index contributed by atoms with van der Waals surface area (Å²) in [5.74, 6) is 0.509. The van der Waals surface area contributed by atoms with Crippen LogP contribution in [0.3, 0.4) is 0 Å². The lowest BCUT2D eigenvalue weighted by Gasteiger charge is -2.39. The first-order valence-electron chi connectivity index (χ1n) is 22.6. The second kappa shape index (κ2) is 17.9. The number of hydrogen-bond donors (Lipinski definition) is 4. The Morgan fingerprint density at radius 3 is 2.14 bits per heavy atom. The maximum absolute atomic E-state index is 12.8. The first kappa shape index (κ1) is 48.3. The molecule has 0 amide bonds. The Labute approximate surface area is 439 Å². The number of phenolic OH excluding ortho intramolecular Hbond substituents is 1. The van der Waals surface area contributed by atoms with Crippen LogP contribution < -0.4 is 30.2 Å². The summed E-state index contributed by atoms with van der Waals surface area (Å²) in [4.78, 5) is 25.6. The summed E-state index contributed by atoms with van der Waals surface area (Å²) in [5, 5.41) is 22.6.